The summed E-state index contributed by atoms with van der Waals surface area (Å²) in [7, 11) is 1.86. The van der Waals surface area contributed by atoms with Crippen molar-refractivity contribution in [1.29, 1.82) is 0 Å². The van der Waals surface area contributed by atoms with Gasteiger partial charge in [-0.05, 0) is 46.1 Å². The molecule has 2 rings (SSSR count). The molecule has 0 unspecified atom stereocenters. The van der Waals surface area contributed by atoms with Crippen LogP contribution in [-0.2, 0) is 11.8 Å². The second-order valence-electron chi connectivity index (χ2n) is 6.58. The minimum atomic E-state index is -0.500. The van der Waals surface area contributed by atoms with Gasteiger partial charge in [-0.3, -0.25) is 14.4 Å². The molecule has 2 atom stereocenters. The number of rotatable bonds is 5. The average Bonchev–Trinajstić information content (AvgIpc) is 2.78. The van der Waals surface area contributed by atoms with Gasteiger partial charge in [0.05, 0.1) is 23.1 Å². The number of aryl methyl sites for hydroxylation is 2. The van der Waals surface area contributed by atoms with Crippen LogP contribution in [0.1, 0.15) is 31.2 Å². The lowest BCUT2D eigenvalue weighted by Gasteiger charge is -2.36. The monoisotopic (exact) mass is 336 g/mol. The number of aromatic nitrogens is 2. The zero-order valence-electron chi connectivity index (χ0n) is 14.9. The number of nitrogens with two attached hydrogens (primary N) is 1. The fourth-order valence-electron chi connectivity index (χ4n) is 3.21. The van der Waals surface area contributed by atoms with E-state index in [0.717, 1.165) is 43.0 Å². The molecule has 24 heavy (non-hydrogen) atoms. The predicted molar refractivity (Wildman–Crippen MR) is 92.7 cm³/mol. The highest BCUT2D eigenvalue weighted by Crippen LogP contribution is 2.21. The number of urea groups is 1. The van der Waals surface area contributed by atoms with E-state index in [1.54, 1.807) is 4.68 Å². The van der Waals surface area contributed by atoms with Gasteiger partial charge in [-0.25, -0.2) is 4.79 Å². The number of primary amides is 1. The lowest BCUT2D eigenvalue weighted by Crippen LogP contribution is -2.49. The van der Waals surface area contributed by atoms with Crippen LogP contribution in [0.4, 0.5) is 10.5 Å². The Labute approximate surface area is 142 Å². The minimum absolute atomic E-state index is 0.0299. The van der Waals surface area contributed by atoms with Crippen molar-refractivity contribution < 1.29 is 9.59 Å². The van der Waals surface area contributed by atoms with Gasteiger partial charge in [-0.1, -0.05) is 0 Å². The lowest BCUT2D eigenvalue weighted by molar-refractivity contribution is -0.121. The Morgan fingerprint density at radius 1 is 1.42 bits per heavy atom. The summed E-state index contributed by atoms with van der Waals surface area (Å²) in [4.78, 5) is 25.6. The van der Waals surface area contributed by atoms with Gasteiger partial charge in [-0.15, -0.1) is 0 Å². The topological polar surface area (TPSA) is 105 Å². The van der Waals surface area contributed by atoms with E-state index >= 15 is 0 Å². The minimum Gasteiger partial charge on any atom is -0.352 e. The molecule has 4 N–H and O–H groups in total. The first-order valence-corrected chi connectivity index (χ1v) is 8.38. The highest BCUT2D eigenvalue weighted by Gasteiger charge is 2.28. The van der Waals surface area contributed by atoms with Crippen molar-refractivity contribution >= 4 is 17.6 Å². The van der Waals surface area contributed by atoms with E-state index in [2.05, 4.69) is 20.6 Å². The van der Waals surface area contributed by atoms with Crippen LogP contribution in [0.25, 0.3) is 0 Å². The molecule has 3 amide bonds. The normalized spacial score (nSPS) is 19.8. The Kier molecular flexibility index (Phi) is 5.82. The maximum atomic E-state index is 12.6. The number of amides is 3. The van der Waals surface area contributed by atoms with Crippen molar-refractivity contribution in [3.05, 3.63) is 11.4 Å². The molecule has 0 saturated carbocycles. The molecule has 0 aromatic carbocycles. The van der Waals surface area contributed by atoms with Gasteiger partial charge in [0.2, 0.25) is 5.91 Å². The number of piperidine rings is 1. The number of carbonyl (C=O) groups is 2. The zero-order chi connectivity index (χ0) is 17.9. The molecule has 1 aromatic rings. The summed E-state index contributed by atoms with van der Waals surface area (Å²) in [5.41, 5.74) is 7.68. The second-order valence-corrected chi connectivity index (χ2v) is 6.58. The third-order valence-electron chi connectivity index (χ3n) is 4.80. The Bertz CT molecular complexity index is 612. The van der Waals surface area contributed by atoms with E-state index in [-0.39, 0.29) is 11.9 Å². The summed E-state index contributed by atoms with van der Waals surface area (Å²) in [6.07, 6.45) is 2.04. The molecule has 1 fully saturated rings. The van der Waals surface area contributed by atoms with E-state index < -0.39 is 6.03 Å². The summed E-state index contributed by atoms with van der Waals surface area (Å²) in [6, 6.07) is -0.735. The molecule has 134 valence electrons. The van der Waals surface area contributed by atoms with Gasteiger partial charge in [-0.2, -0.15) is 5.10 Å². The third kappa shape index (κ3) is 4.25. The Hall–Kier alpha value is -2.09. The van der Waals surface area contributed by atoms with Gasteiger partial charge in [0.25, 0.3) is 0 Å². The average molecular weight is 336 g/mol. The highest BCUT2D eigenvalue weighted by atomic mass is 16.2. The first-order valence-electron chi connectivity index (χ1n) is 8.38. The van der Waals surface area contributed by atoms with Crippen LogP contribution in [0.15, 0.2) is 0 Å². The van der Waals surface area contributed by atoms with Crippen LogP contribution < -0.4 is 16.4 Å². The van der Waals surface area contributed by atoms with Gasteiger partial charge in [0.1, 0.15) is 0 Å². The van der Waals surface area contributed by atoms with Gasteiger partial charge in [0.15, 0.2) is 0 Å². The quantitative estimate of drug-likeness (QED) is 0.737. The van der Waals surface area contributed by atoms with Crippen molar-refractivity contribution in [2.45, 2.75) is 39.7 Å². The van der Waals surface area contributed by atoms with Gasteiger partial charge in [0, 0.05) is 20.1 Å². The first kappa shape index (κ1) is 18.3. The van der Waals surface area contributed by atoms with Gasteiger partial charge >= 0.3 is 6.03 Å². The van der Waals surface area contributed by atoms with Crippen LogP contribution in [-0.4, -0.2) is 52.3 Å². The maximum Gasteiger partial charge on any atom is 0.312 e. The molecule has 0 bridgehead atoms. The molecule has 8 nitrogen and oxygen atoms in total. The Morgan fingerprint density at radius 2 is 2.12 bits per heavy atom. The van der Waals surface area contributed by atoms with Crippen molar-refractivity contribution in [2.24, 2.45) is 18.7 Å². The molecular formula is C16H28N6O2. The predicted octanol–water partition coefficient (Wildman–Crippen LogP) is 0.744. The Balaban J connectivity index is 1.95. The molecule has 8 heteroatoms. The first-order chi connectivity index (χ1) is 11.3. The van der Waals surface area contributed by atoms with Crippen LogP contribution in [0.5, 0.6) is 0 Å². The molecule has 2 heterocycles. The summed E-state index contributed by atoms with van der Waals surface area (Å²) in [5.74, 6) is 0.293. The SMILES string of the molecule is Cc1nn(C)c(C)c1NC(=O)[C@@H](C)N1CCC[C@@H](CNC(N)=O)C1. The fraction of sp³-hybridized carbons (Fsp3) is 0.688. The Morgan fingerprint density at radius 3 is 2.71 bits per heavy atom. The van der Waals surface area contributed by atoms with E-state index in [4.69, 9.17) is 5.73 Å². The molecule has 1 aliphatic rings. The summed E-state index contributed by atoms with van der Waals surface area (Å²) in [6.45, 7) is 7.96. The molecule has 1 aromatic heterocycles. The van der Waals surface area contributed by atoms with Crippen molar-refractivity contribution in [3.63, 3.8) is 0 Å². The number of anilines is 1. The number of hydrogen-bond donors (Lipinski definition) is 3. The molecule has 0 spiro atoms. The van der Waals surface area contributed by atoms with Crippen LogP contribution >= 0.6 is 0 Å². The molecule has 0 aliphatic carbocycles. The number of hydrogen-bond acceptors (Lipinski definition) is 4. The molecular weight excluding hydrogens is 308 g/mol. The summed E-state index contributed by atoms with van der Waals surface area (Å²) < 4.78 is 1.77. The number of nitrogens with zero attached hydrogens (tertiary/aromatic N) is 3. The van der Waals surface area contributed by atoms with Crippen LogP contribution in [0.2, 0.25) is 0 Å². The third-order valence-corrected chi connectivity index (χ3v) is 4.80. The van der Waals surface area contributed by atoms with E-state index in [1.807, 2.05) is 27.8 Å². The fourth-order valence-corrected chi connectivity index (χ4v) is 3.21. The largest absolute Gasteiger partial charge is 0.352 e. The standard InChI is InChI=1S/C16H28N6O2/c1-10-14(11(2)21(4)20-10)19-15(23)12(3)22-7-5-6-13(9-22)8-18-16(17)24/h12-13H,5-9H2,1-4H3,(H,19,23)(H3,17,18,24)/t12-,13+/m1/s1. The van der Waals surface area contributed by atoms with E-state index in [0.29, 0.717) is 12.5 Å². The van der Waals surface area contributed by atoms with Crippen molar-refractivity contribution in [3.8, 4) is 0 Å². The smallest absolute Gasteiger partial charge is 0.312 e. The summed E-state index contributed by atoms with van der Waals surface area (Å²) >= 11 is 0. The van der Waals surface area contributed by atoms with Crippen molar-refractivity contribution in [1.82, 2.24) is 20.0 Å². The van der Waals surface area contributed by atoms with Crippen molar-refractivity contribution in [2.75, 3.05) is 25.0 Å². The zero-order valence-corrected chi connectivity index (χ0v) is 14.9. The van der Waals surface area contributed by atoms with E-state index in [9.17, 15) is 9.59 Å². The summed E-state index contributed by atoms with van der Waals surface area (Å²) in [5, 5.41) is 9.99. The number of likely N-dealkylation sites (tertiary alicyclic amines) is 1. The van der Waals surface area contributed by atoms with Gasteiger partial charge < -0.3 is 16.4 Å². The lowest BCUT2D eigenvalue weighted by atomic mass is 9.96. The molecule has 1 saturated heterocycles. The maximum absolute atomic E-state index is 12.6. The van der Waals surface area contributed by atoms with Crippen LogP contribution in [0.3, 0.4) is 0 Å². The highest BCUT2D eigenvalue weighted by molar-refractivity contribution is 5.95. The molecule has 1 aliphatic heterocycles. The number of nitrogens with one attached hydrogen (secondary N) is 2. The molecule has 0 radical (unpaired) electrons. The van der Waals surface area contributed by atoms with E-state index in [1.165, 1.54) is 0 Å². The number of carbonyl (C=O) groups excluding carboxylic acids is 2. The van der Waals surface area contributed by atoms with Crippen LogP contribution in [0, 0.1) is 19.8 Å². The second kappa shape index (κ2) is 7.65.